The fourth-order valence-electron chi connectivity index (χ4n) is 7.12. The molecule has 2 heterocycles. The third-order valence-corrected chi connectivity index (χ3v) is 9.14. The second-order valence-electron chi connectivity index (χ2n) is 11.4. The van der Waals surface area contributed by atoms with Crippen molar-refractivity contribution in [3.8, 4) is 0 Å². The molecule has 0 bridgehead atoms. The molecule has 34 heavy (non-hydrogen) atoms. The maximum atomic E-state index is 13.5. The van der Waals surface area contributed by atoms with Crippen LogP contribution in [0.1, 0.15) is 77.6 Å². The van der Waals surface area contributed by atoms with Crippen molar-refractivity contribution in [2.24, 2.45) is 17.3 Å². The lowest BCUT2D eigenvalue weighted by Crippen LogP contribution is -2.62. The van der Waals surface area contributed by atoms with Crippen molar-refractivity contribution in [3.05, 3.63) is 40.9 Å². The van der Waals surface area contributed by atoms with Gasteiger partial charge in [-0.15, -0.1) is 0 Å². The number of benzene rings is 1. The first-order valence-electron chi connectivity index (χ1n) is 13.4. The Morgan fingerprint density at radius 2 is 1.85 bits per heavy atom. The molecular formula is C28H39N3O3. The summed E-state index contributed by atoms with van der Waals surface area (Å²) >= 11 is 0. The fraction of sp³-hybridized carbons (Fsp3) is 0.679. The summed E-state index contributed by atoms with van der Waals surface area (Å²) in [5, 5.41) is 12.6. The van der Waals surface area contributed by atoms with Crippen molar-refractivity contribution < 1.29 is 9.90 Å². The van der Waals surface area contributed by atoms with Crippen LogP contribution in [0.3, 0.4) is 0 Å². The molecule has 1 unspecified atom stereocenters. The quantitative estimate of drug-likeness (QED) is 0.704. The molecule has 1 aromatic heterocycles. The Kier molecular flexibility index (Phi) is 6.54. The van der Waals surface area contributed by atoms with Gasteiger partial charge >= 0.3 is 0 Å². The average Bonchev–Trinajstić information content (AvgIpc) is 3.33. The number of carbonyl (C=O) groups excluding carboxylic acids is 1. The Labute approximate surface area is 202 Å². The monoisotopic (exact) mass is 465 g/mol. The van der Waals surface area contributed by atoms with Gasteiger partial charge in [-0.1, -0.05) is 64.0 Å². The Hall–Kier alpha value is -2.21. The van der Waals surface area contributed by atoms with Crippen LogP contribution in [0.25, 0.3) is 10.9 Å². The van der Waals surface area contributed by atoms with Crippen LogP contribution in [-0.2, 0) is 11.3 Å². The van der Waals surface area contributed by atoms with Crippen LogP contribution in [0.4, 0.5) is 0 Å². The predicted octanol–water partition coefficient (Wildman–Crippen LogP) is 4.53. The summed E-state index contributed by atoms with van der Waals surface area (Å²) in [4.78, 5) is 33.1. The van der Waals surface area contributed by atoms with E-state index in [0.717, 1.165) is 32.1 Å². The molecule has 1 spiro atoms. The lowest BCUT2D eigenvalue weighted by atomic mass is 9.65. The van der Waals surface area contributed by atoms with Crippen molar-refractivity contribution in [3.63, 3.8) is 0 Å². The molecule has 2 saturated carbocycles. The zero-order chi connectivity index (χ0) is 23.8. The summed E-state index contributed by atoms with van der Waals surface area (Å²) in [5.74, 6) is 0.977. The molecule has 6 heteroatoms. The van der Waals surface area contributed by atoms with E-state index >= 15 is 0 Å². The minimum Gasteiger partial charge on any atom is -0.387 e. The summed E-state index contributed by atoms with van der Waals surface area (Å²) in [6.45, 7) is 3.50. The summed E-state index contributed by atoms with van der Waals surface area (Å²) < 4.78 is 1.59. The highest BCUT2D eigenvalue weighted by Crippen LogP contribution is 2.51. The molecule has 2 aromatic rings. The van der Waals surface area contributed by atoms with E-state index in [1.165, 1.54) is 32.1 Å². The lowest BCUT2D eigenvalue weighted by molar-refractivity contribution is -0.163. The highest BCUT2D eigenvalue weighted by molar-refractivity contribution is 5.79. The summed E-state index contributed by atoms with van der Waals surface area (Å²) in [6, 6.07) is 7.36. The highest BCUT2D eigenvalue weighted by atomic mass is 16.3. The third kappa shape index (κ3) is 4.30. The molecule has 2 atom stereocenters. The summed E-state index contributed by atoms with van der Waals surface area (Å²) in [7, 11) is 0. The van der Waals surface area contributed by atoms with Gasteiger partial charge in [-0.3, -0.25) is 14.2 Å². The standard InChI is InChI=1S/C28H39N3O3/c1-21(17-22-9-3-2-4-10-22)25(32)30-16-15-28(34,27(18-30)13-7-8-14-27)19-31-20-29-24-12-6-5-11-23(24)26(31)33/h5-6,11-12,20-22,34H,2-4,7-10,13-19H2,1H3/t21-,28?/m1/s1. The molecule has 184 valence electrons. The summed E-state index contributed by atoms with van der Waals surface area (Å²) in [5.41, 5.74) is -0.789. The number of piperidine rings is 1. The molecule has 0 radical (unpaired) electrons. The Morgan fingerprint density at radius 3 is 2.62 bits per heavy atom. The maximum Gasteiger partial charge on any atom is 0.261 e. The normalized spacial score (nSPS) is 26.2. The van der Waals surface area contributed by atoms with Gasteiger partial charge in [0.2, 0.25) is 5.91 Å². The van der Waals surface area contributed by atoms with Crippen LogP contribution in [0, 0.1) is 17.3 Å². The zero-order valence-corrected chi connectivity index (χ0v) is 20.5. The second kappa shape index (κ2) is 9.44. The first-order valence-corrected chi connectivity index (χ1v) is 13.4. The Balaban J connectivity index is 1.34. The number of nitrogens with zero attached hydrogens (tertiary/aromatic N) is 3. The molecule has 2 aliphatic carbocycles. The van der Waals surface area contributed by atoms with E-state index in [9.17, 15) is 14.7 Å². The van der Waals surface area contributed by atoms with Gasteiger partial charge in [0.1, 0.15) is 0 Å². The van der Waals surface area contributed by atoms with Crippen LogP contribution in [0.2, 0.25) is 0 Å². The van der Waals surface area contributed by atoms with Gasteiger partial charge in [0.15, 0.2) is 0 Å². The number of carbonyl (C=O) groups is 1. The van der Waals surface area contributed by atoms with Crippen molar-refractivity contribution in [1.29, 1.82) is 0 Å². The number of likely N-dealkylation sites (tertiary alicyclic amines) is 1. The van der Waals surface area contributed by atoms with Crippen molar-refractivity contribution in [1.82, 2.24) is 14.5 Å². The number of fused-ring (bicyclic) bond motifs is 1. The molecule has 3 aliphatic rings. The topological polar surface area (TPSA) is 75.4 Å². The summed E-state index contributed by atoms with van der Waals surface area (Å²) in [6.07, 6.45) is 13.5. The van der Waals surface area contributed by atoms with Gasteiger partial charge in [0.25, 0.3) is 5.56 Å². The molecule has 1 aromatic carbocycles. The number of para-hydroxylation sites is 1. The number of rotatable bonds is 5. The van der Waals surface area contributed by atoms with Crippen molar-refractivity contribution in [2.75, 3.05) is 13.1 Å². The van der Waals surface area contributed by atoms with E-state index in [0.29, 0.717) is 36.3 Å². The van der Waals surface area contributed by atoms with Crippen LogP contribution in [0.15, 0.2) is 35.4 Å². The molecule has 1 saturated heterocycles. The number of hydrogen-bond acceptors (Lipinski definition) is 4. The molecule has 1 amide bonds. The van der Waals surface area contributed by atoms with E-state index in [1.54, 1.807) is 17.0 Å². The van der Waals surface area contributed by atoms with E-state index in [2.05, 4.69) is 11.9 Å². The largest absolute Gasteiger partial charge is 0.387 e. The molecule has 6 nitrogen and oxygen atoms in total. The first-order chi connectivity index (χ1) is 16.4. The molecule has 1 aliphatic heterocycles. The van der Waals surface area contributed by atoms with Crippen LogP contribution in [0.5, 0.6) is 0 Å². The minimum atomic E-state index is -1.01. The third-order valence-electron chi connectivity index (χ3n) is 9.14. The molecule has 5 rings (SSSR count). The highest BCUT2D eigenvalue weighted by Gasteiger charge is 2.55. The van der Waals surface area contributed by atoms with E-state index < -0.39 is 5.60 Å². The smallest absolute Gasteiger partial charge is 0.261 e. The molecule has 3 fully saturated rings. The number of amides is 1. The Bertz CT molecular complexity index is 1080. The van der Waals surface area contributed by atoms with Crippen molar-refractivity contribution in [2.45, 2.75) is 89.7 Å². The fourth-order valence-corrected chi connectivity index (χ4v) is 7.12. The van der Waals surface area contributed by atoms with Gasteiger partial charge in [-0.25, -0.2) is 4.98 Å². The van der Waals surface area contributed by atoms with Gasteiger partial charge in [0.05, 0.1) is 29.4 Å². The van der Waals surface area contributed by atoms with E-state index in [1.807, 2.05) is 23.1 Å². The number of aliphatic hydroxyl groups is 1. The van der Waals surface area contributed by atoms with Crippen LogP contribution < -0.4 is 5.56 Å². The number of aromatic nitrogens is 2. The minimum absolute atomic E-state index is 0.0417. The number of hydrogen-bond donors (Lipinski definition) is 1. The first kappa shape index (κ1) is 23.5. The van der Waals surface area contributed by atoms with Gasteiger partial charge in [0, 0.05) is 24.4 Å². The lowest BCUT2D eigenvalue weighted by Gasteiger charge is -2.52. The SMILES string of the molecule is C[C@H](CC1CCCCC1)C(=O)N1CCC(O)(Cn2cnc3ccccc3c2=O)C2(CCCC2)C1. The van der Waals surface area contributed by atoms with Gasteiger partial charge in [-0.05, 0) is 43.7 Å². The molecular weight excluding hydrogens is 426 g/mol. The van der Waals surface area contributed by atoms with Gasteiger partial charge in [-0.2, -0.15) is 0 Å². The van der Waals surface area contributed by atoms with Crippen LogP contribution in [-0.4, -0.2) is 44.2 Å². The average molecular weight is 466 g/mol. The maximum absolute atomic E-state index is 13.5. The van der Waals surface area contributed by atoms with Gasteiger partial charge < -0.3 is 10.0 Å². The van der Waals surface area contributed by atoms with E-state index in [4.69, 9.17) is 0 Å². The molecule has 1 N–H and O–H groups in total. The van der Waals surface area contributed by atoms with Crippen LogP contribution >= 0.6 is 0 Å². The predicted molar refractivity (Wildman–Crippen MR) is 133 cm³/mol. The van der Waals surface area contributed by atoms with E-state index in [-0.39, 0.29) is 29.3 Å². The zero-order valence-electron chi connectivity index (χ0n) is 20.5. The second-order valence-corrected chi connectivity index (χ2v) is 11.4. The van der Waals surface area contributed by atoms with Crippen molar-refractivity contribution >= 4 is 16.8 Å². The Morgan fingerprint density at radius 1 is 1.12 bits per heavy atom.